The summed E-state index contributed by atoms with van der Waals surface area (Å²) in [5.41, 5.74) is 1.95. The minimum Gasteiger partial charge on any atom is -0.310 e. The van der Waals surface area contributed by atoms with Crippen LogP contribution in [0.3, 0.4) is 0 Å². The summed E-state index contributed by atoms with van der Waals surface area (Å²) in [5, 5.41) is 3.21. The average molecular weight is 195 g/mol. The zero-order valence-electron chi connectivity index (χ0n) is 9.10. The second kappa shape index (κ2) is 5.11. The lowest BCUT2D eigenvalue weighted by Gasteiger charge is -2.09. The Balaban J connectivity index is 2.73. The molecule has 0 aromatic heterocycles. The second-order valence-electron chi connectivity index (χ2n) is 3.81. The number of nitrogens with one attached hydrogen (secondary N) is 1. The smallest absolute Gasteiger partial charge is 0.127 e. The molecule has 1 rings (SSSR count). The van der Waals surface area contributed by atoms with Crippen LogP contribution in [0.4, 0.5) is 4.39 Å². The van der Waals surface area contributed by atoms with Gasteiger partial charge in [0.1, 0.15) is 5.82 Å². The molecule has 0 aliphatic rings. The highest BCUT2D eigenvalue weighted by Crippen LogP contribution is 2.11. The maximum Gasteiger partial charge on any atom is 0.127 e. The van der Waals surface area contributed by atoms with Crippen molar-refractivity contribution in [3.05, 3.63) is 35.1 Å². The fraction of sp³-hybridized carbons (Fsp3) is 0.500. The molecule has 0 bridgehead atoms. The maximum atomic E-state index is 13.3. The molecule has 0 radical (unpaired) electrons. The fourth-order valence-electron chi connectivity index (χ4n) is 1.30. The molecule has 1 N–H and O–H groups in total. The lowest BCUT2D eigenvalue weighted by atomic mass is 10.1. The van der Waals surface area contributed by atoms with Crippen LogP contribution in [0, 0.1) is 5.82 Å². The van der Waals surface area contributed by atoms with Crippen molar-refractivity contribution in [3.8, 4) is 0 Å². The average Bonchev–Trinajstić information content (AvgIpc) is 2.16. The lowest BCUT2D eigenvalue weighted by molar-refractivity contribution is 0.552. The first-order valence-corrected chi connectivity index (χ1v) is 5.14. The van der Waals surface area contributed by atoms with E-state index in [1.165, 1.54) is 5.56 Å². The minimum atomic E-state index is -0.115. The number of rotatable bonds is 4. The summed E-state index contributed by atoms with van der Waals surface area (Å²) < 4.78 is 13.3. The number of halogens is 1. The third-order valence-electron chi connectivity index (χ3n) is 2.22. The summed E-state index contributed by atoms with van der Waals surface area (Å²) >= 11 is 0. The van der Waals surface area contributed by atoms with Gasteiger partial charge >= 0.3 is 0 Å². The molecule has 1 aromatic rings. The van der Waals surface area contributed by atoms with Gasteiger partial charge in [-0.3, -0.25) is 0 Å². The van der Waals surface area contributed by atoms with E-state index in [0.29, 0.717) is 12.6 Å². The molecule has 0 heterocycles. The van der Waals surface area contributed by atoms with Crippen molar-refractivity contribution in [2.75, 3.05) is 0 Å². The summed E-state index contributed by atoms with van der Waals surface area (Å²) in [4.78, 5) is 0. The Bertz CT molecular complexity index is 294. The largest absolute Gasteiger partial charge is 0.310 e. The van der Waals surface area contributed by atoms with E-state index in [1.807, 2.05) is 12.1 Å². The third kappa shape index (κ3) is 3.11. The minimum absolute atomic E-state index is 0.115. The van der Waals surface area contributed by atoms with Crippen LogP contribution >= 0.6 is 0 Å². The van der Waals surface area contributed by atoms with Crippen LogP contribution in [0.2, 0.25) is 0 Å². The Kier molecular flexibility index (Phi) is 4.08. The van der Waals surface area contributed by atoms with Gasteiger partial charge in [0.25, 0.3) is 0 Å². The predicted molar refractivity (Wildman–Crippen MR) is 57.8 cm³/mol. The van der Waals surface area contributed by atoms with Gasteiger partial charge in [-0.2, -0.15) is 0 Å². The van der Waals surface area contributed by atoms with Gasteiger partial charge in [0.15, 0.2) is 0 Å². The van der Waals surface area contributed by atoms with Gasteiger partial charge in [-0.1, -0.05) is 32.9 Å². The lowest BCUT2D eigenvalue weighted by Crippen LogP contribution is -2.22. The molecule has 0 unspecified atom stereocenters. The zero-order chi connectivity index (χ0) is 10.6. The standard InChI is InChI=1S/C12H18FN/c1-4-10-5-6-12(13)11(7-10)8-14-9(2)3/h5-7,9,14H,4,8H2,1-3H3. The molecule has 0 spiro atoms. The van der Waals surface area contributed by atoms with Crippen molar-refractivity contribution in [1.82, 2.24) is 5.32 Å². The molecule has 0 fully saturated rings. The molecule has 0 aliphatic carbocycles. The van der Waals surface area contributed by atoms with E-state index in [2.05, 4.69) is 26.1 Å². The number of benzene rings is 1. The van der Waals surface area contributed by atoms with Gasteiger partial charge in [0.2, 0.25) is 0 Å². The number of aryl methyl sites for hydroxylation is 1. The van der Waals surface area contributed by atoms with Gasteiger partial charge < -0.3 is 5.32 Å². The molecule has 0 saturated carbocycles. The zero-order valence-corrected chi connectivity index (χ0v) is 9.10. The van der Waals surface area contributed by atoms with Crippen molar-refractivity contribution < 1.29 is 4.39 Å². The Morgan fingerprint density at radius 1 is 1.36 bits per heavy atom. The summed E-state index contributed by atoms with van der Waals surface area (Å²) in [5.74, 6) is -0.115. The maximum absolute atomic E-state index is 13.3. The Morgan fingerprint density at radius 3 is 2.64 bits per heavy atom. The van der Waals surface area contributed by atoms with E-state index >= 15 is 0 Å². The fourth-order valence-corrected chi connectivity index (χ4v) is 1.30. The first-order valence-electron chi connectivity index (χ1n) is 5.14. The van der Waals surface area contributed by atoms with E-state index < -0.39 is 0 Å². The van der Waals surface area contributed by atoms with Crippen LogP contribution in [0.25, 0.3) is 0 Å². The third-order valence-corrected chi connectivity index (χ3v) is 2.22. The molecule has 0 aliphatic heterocycles. The monoisotopic (exact) mass is 195 g/mol. The predicted octanol–water partition coefficient (Wildman–Crippen LogP) is 2.89. The molecule has 0 saturated heterocycles. The molecule has 1 nitrogen and oxygen atoms in total. The van der Waals surface area contributed by atoms with Gasteiger partial charge in [-0.25, -0.2) is 4.39 Å². The molecule has 0 amide bonds. The molecule has 78 valence electrons. The number of hydrogen-bond acceptors (Lipinski definition) is 1. The topological polar surface area (TPSA) is 12.0 Å². The summed E-state index contributed by atoms with van der Waals surface area (Å²) in [7, 11) is 0. The van der Waals surface area contributed by atoms with Crippen molar-refractivity contribution >= 4 is 0 Å². The van der Waals surface area contributed by atoms with Crippen LogP contribution < -0.4 is 5.32 Å². The molecular weight excluding hydrogens is 177 g/mol. The van der Waals surface area contributed by atoms with Crippen LogP contribution in [-0.4, -0.2) is 6.04 Å². The van der Waals surface area contributed by atoms with Crippen LogP contribution in [0.5, 0.6) is 0 Å². The molecular formula is C12H18FN. The molecule has 1 aromatic carbocycles. The second-order valence-corrected chi connectivity index (χ2v) is 3.81. The SMILES string of the molecule is CCc1ccc(F)c(CNC(C)C)c1. The first kappa shape index (κ1) is 11.2. The van der Waals surface area contributed by atoms with E-state index in [9.17, 15) is 4.39 Å². The van der Waals surface area contributed by atoms with Crippen molar-refractivity contribution in [2.45, 2.75) is 39.8 Å². The van der Waals surface area contributed by atoms with Crippen molar-refractivity contribution in [1.29, 1.82) is 0 Å². The van der Waals surface area contributed by atoms with Crippen LogP contribution in [0.15, 0.2) is 18.2 Å². The Hall–Kier alpha value is -0.890. The van der Waals surface area contributed by atoms with E-state index in [0.717, 1.165) is 12.0 Å². The normalized spacial score (nSPS) is 10.9. The highest BCUT2D eigenvalue weighted by molar-refractivity contribution is 5.25. The van der Waals surface area contributed by atoms with Gasteiger partial charge in [0.05, 0.1) is 0 Å². The van der Waals surface area contributed by atoms with Gasteiger partial charge in [0, 0.05) is 18.2 Å². The van der Waals surface area contributed by atoms with E-state index in [1.54, 1.807) is 6.07 Å². The Morgan fingerprint density at radius 2 is 2.07 bits per heavy atom. The van der Waals surface area contributed by atoms with Crippen LogP contribution in [0.1, 0.15) is 31.9 Å². The molecule has 2 heteroatoms. The van der Waals surface area contributed by atoms with Crippen molar-refractivity contribution in [3.63, 3.8) is 0 Å². The van der Waals surface area contributed by atoms with Gasteiger partial charge in [-0.05, 0) is 18.1 Å². The Labute approximate surface area is 85.3 Å². The van der Waals surface area contributed by atoms with E-state index in [4.69, 9.17) is 0 Å². The van der Waals surface area contributed by atoms with Gasteiger partial charge in [-0.15, -0.1) is 0 Å². The molecule has 14 heavy (non-hydrogen) atoms. The summed E-state index contributed by atoms with van der Waals surface area (Å²) in [6.07, 6.45) is 0.953. The van der Waals surface area contributed by atoms with Crippen LogP contribution in [-0.2, 0) is 13.0 Å². The van der Waals surface area contributed by atoms with E-state index in [-0.39, 0.29) is 5.82 Å². The summed E-state index contributed by atoms with van der Waals surface area (Å²) in [6, 6.07) is 5.72. The highest BCUT2D eigenvalue weighted by Gasteiger charge is 2.03. The summed E-state index contributed by atoms with van der Waals surface area (Å²) in [6.45, 7) is 6.80. The first-order chi connectivity index (χ1) is 6.63. The number of hydrogen-bond donors (Lipinski definition) is 1. The quantitative estimate of drug-likeness (QED) is 0.779. The molecule has 0 atom stereocenters. The van der Waals surface area contributed by atoms with Crippen molar-refractivity contribution in [2.24, 2.45) is 0 Å². The highest BCUT2D eigenvalue weighted by atomic mass is 19.1.